The molecule has 0 saturated carbocycles. The Balaban J connectivity index is 0. The summed E-state index contributed by atoms with van der Waals surface area (Å²) in [6.07, 6.45) is 20.4. The van der Waals surface area contributed by atoms with E-state index in [-0.39, 0.29) is 0 Å². The predicted molar refractivity (Wildman–Crippen MR) is 117 cm³/mol. The van der Waals surface area contributed by atoms with Crippen molar-refractivity contribution in [2.75, 3.05) is 27.7 Å². The summed E-state index contributed by atoms with van der Waals surface area (Å²) in [6, 6.07) is 0. The lowest BCUT2D eigenvalue weighted by atomic mass is 10.0. The quantitative estimate of drug-likeness (QED) is 0.232. The van der Waals surface area contributed by atoms with Crippen molar-refractivity contribution in [1.82, 2.24) is 4.90 Å². The number of nitrogens with zero attached hydrogens (tertiary/aromatic N) is 1. The molecule has 0 aliphatic heterocycles. The molecule has 0 aromatic carbocycles. The van der Waals surface area contributed by atoms with Gasteiger partial charge in [0.05, 0.1) is 7.11 Å². The third-order valence-electron chi connectivity index (χ3n) is 4.60. The number of unbranched alkanes of at least 4 members (excludes halogenated alkanes) is 12. The average Bonchev–Trinajstić information content (AvgIpc) is 2.57. The molecule has 0 aliphatic carbocycles. The van der Waals surface area contributed by atoms with Crippen molar-refractivity contribution in [2.24, 2.45) is 5.92 Å². The Labute approximate surface area is 170 Å². The lowest BCUT2D eigenvalue weighted by Gasteiger charge is -2.08. The van der Waals surface area contributed by atoms with E-state index in [1.807, 2.05) is 0 Å². The predicted octanol–water partition coefficient (Wildman–Crippen LogP) is 6.10. The van der Waals surface area contributed by atoms with E-state index >= 15 is 0 Å². The van der Waals surface area contributed by atoms with Crippen LogP contribution in [0.4, 0.5) is 0 Å². The van der Waals surface area contributed by atoms with Gasteiger partial charge in [0.2, 0.25) is 0 Å². The first-order valence-electron chi connectivity index (χ1n) is 10.9. The van der Waals surface area contributed by atoms with Gasteiger partial charge in [0, 0.05) is 0 Å². The molecule has 0 fully saturated rings. The maximum absolute atomic E-state index is 9.33. The van der Waals surface area contributed by atoms with Crippen molar-refractivity contribution in [3.8, 4) is 0 Å². The molecule has 0 rings (SSSR count). The summed E-state index contributed by atoms with van der Waals surface area (Å²) >= 11 is 0. The van der Waals surface area contributed by atoms with Crippen LogP contribution >= 0.6 is 0 Å². The van der Waals surface area contributed by atoms with Crippen molar-refractivity contribution < 1.29 is 17.2 Å². The monoisotopic (exact) mass is 409 g/mol. The molecule has 0 aromatic rings. The summed E-state index contributed by atoms with van der Waals surface area (Å²) in [6.45, 7) is 5.93. The van der Waals surface area contributed by atoms with Gasteiger partial charge in [-0.1, -0.05) is 97.3 Å². The van der Waals surface area contributed by atoms with E-state index in [9.17, 15) is 8.42 Å². The smallest absolute Gasteiger partial charge is 0.309 e. The van der Waals surface area contributed by atoms with E-state index in [0.717, 1.165) is 13.0 Å². The second kappa shape index (κ2) is 20.6. The molecule has 0 bridgehead atoms. The summed E-state index contributed by atoms with van der Waals surface area (Å²) in [4.78, 5) is 2.29. The SMILES string of the molecule is CC(C)CCCCCCCCCCCCCCCN(C)C.COS(=O)(=O)O. The van der Waals surface area contributed by atoms with Gasteiger partial charge in [0.15, 0.2) is 0 Å². The van der Waals surface area contributed by atoms with E-state index in [0.29, 0.717) is 0 Å². The third-order valence-corrected chi connectivity index (χ3v) is 5.02. The van der Waals surface area contributed by atoms with Crippen molar-refractivity contribution in [3.05, 3.63) is 0 Å². The maximum Gasteiger partial charge on any atom is 0.397 e. The molecular weight excluding hydrogens is 362 g/mol. The Morgan fingerprint density at radius 3 is 1.30 bits per heavy atom. The minimum Gasteiger partial charge on any atom is -0.309 e. The molecule has 0 radical (unpaired) electrons. The minimum atomic E-state index is -4.16. The van der Waals surface area contributed by atoms with Crippen LogP contribution in [0.15, 0.2) is 0 Å². The molecule has 27 heavy (non-hydrogen) atoms. The fourth-order valence-corrected chi connectivity index (χ4v) is 2.93. The van der Waals surface area contributed by atoms with Crippen LogP contribution in [-0.2, 0) is 14.6 Å². The Morgan fingerprint density at radius 1 is 0.741 bits per heavy atom. The van der Waals surface area contributed by atoms with Crippen molar-refractivity contribution in [3.63, 3.8) is 0 Å². The largest absolute Gasteiger partial charge is 0.397 e. The first kappa shape index (κ1) is 29.0. The molecular formula is C21H47NO4S. The lowest BCUT2D eigenvalue weighted by molar-refractivity contribution is 0.324. The standard InChI is InChI=1S/C20H43N.CH4O4S/c1-20(2)18-16-14-12-10-8-6-5-7-9-11-13-15-17-19-21(3)4;1-5-6(2,3)4/h20H,5-19H2,1-4H3;1H3,(H,2,3,4). The molecule has 5 nitrogen and oxygen atoms in total. The molecule has 0 heterocycles. The summed E-state index contributed by atoms with van der Waals surface area (Å²) in [5.74, 6) is 0.896. The highest BCUT2D eigenvalue weighted by Crippen LogP contribution is 2.14. The molecule has 0 spiro atoms. The van der Waals surface area contributed by atoms with Gasteiger partial charge in [-0.3, -0.25) is 8.74 Å². The molecule has 0 aliphatic rings. The van der Waals surface area contributed by atoms with Gasteiger partial charge in [0.1, 0.15) is 0 Å². The Kier molecular flexibility index (Phi) is 22.1. The van der Waals surface area contributed by atoms with Crippen LogP contribution < -0.4 is 0 Å². The van der Waals surface area contributed by atoms with Gasteiger partial charge in [-0.25, -0.2) is 0 Å². The fraction of sp³-hybridized carbons (Fsp3) is 1.00. The van der Waals surface area contributed by atoms with Crippen LogP contribution in [0.1, 0.15) is 104 Å². The van der Waals surface area contributed by atoms with E-state index < -0.39 is 10.4 Å². The van der Waals surface area contributed by atoms with Gasteiger partial charge < -0.3 is 4.90 Å². The van der Waals surface area contributed by atoms with Gasteiger partial charge in [0.25, 0.3) is 0 Å². The van der Waals surface area contributed by atoms with Crippen molar-refractivity contribution >= 4 is 10.4 Å². The van der Waals surface area contributed by atoms with Crippen molar-refractivity contribution in [1.29, 1.82) is 0 Å². The van der Waals surface area contributed by atoms with Gasteiger partial charge >= 0.3 is 10.4 Å². The van der Waals surface area contributed by atoms with Crippen LogP contribution in [0.25, 0.3) is 0 Å². The van der Waals surface area contributed by atoms with Crippen LogP contribution in [0.3, 0.4) is 0 Å². The Morgan fingerprint density at radius 2 is 1.04 bits per heavy atom. The maximum atomic E-state index is 9.33. The summed E-state index contributed by atoms with van der Waals surface area (Å²) in [7, 11) is 1.05. The Bertz CT molecular complexity index is 364. The minimum absolute atomic E-state index is 0.870. The van der Waals surface area contributed by atoms with Gasteiger partial charge in [-0.05, 0) is 33.0 Å². The summed E-state index contributed by atoms with van der Waals surface area (Å²) in [5.41, 5.74) is 0. The molecule has 1 N–H and O–H groups in total. The molecule has 0 saturated heterocycles. The molecule has 0 atom stereocenters. The molecule has 0 unspecified atom stereocenters. The van der Waals surface area contributed by atoms with E-state index in [1.165, 1.54) is 96.4 Å². The van der Waals surface area contributed by atoms with Crippen LogP contribution in [0, 0.1) is 5.92 Å². The van der Waals surface area contributed by atoms with Crippen LogP contribution in [-0.4, -0.2) is 45.6 Å². The molecule has 166 valence electrons. The molecule has 0 aromatic heterocycles. The zero-order valence-electron chi connectivity index (χ0n) is 18.7. The van der Waals surface area contributed by atoms with Crippen molar-refractivity contribution in [2.45, 2.75) is 104 Å². The number of hydrogen-bond donors (Lipinski definition) is 1. The highest BCUT2D eigenvalue weighted by molar-refractivity contribution is 7.80. The third kappa shape index (κ3) is 33.8. The highest BCUT2D eigenvalue weighted by Gasteiger charge is 1.96. The molecule has 6 heteroatoms. The van der Waals surface area contributed by atoms with Crippen LogP contribution in [0.5, 0.6) is 0 Å². The number of rotatable bonds is 17. The second-order valence-electron chi connectivity index (χ2n) is 8.18. The zero-order valence-corrected chi connectivity index (χ0v) is 19.5. The zero-order chi connectivity index (χ0) is 21.0. The van der Waals surface area contributed by atoms with E-state index in [1.54, 1.807) is 0 Å². The van der Waals surface area contributed by atoms with Gasteiger partial charge in [-0.2, -0.15) is 8.42 Å². The lowest BCUT2D eigenvalue weighted by Crippen LogP contribution is -2.12. The summed E-state index contributed by atoms with van der Waals surface area (Å²) < 4.78 is 29.7. The second-order valence-corrected chi connectivity index (χ2v) is 9.37. The normalized spacial score (nSPS) is 11.7. The average molecular weight is 410 g/mol. The molecule has 0 amide bonds. The Hall–Kier alpha value is -0.170. The summed E-state index contributed by atoms with van der Waals surface area (Å²) in [5, 5.41) is 0. The topological polar surface area (TPSA) is 66.8 Å². The fourth-order valence-electron chi connectivity index (χ4n) is 2.93. The van der Waals surface area contributed by atoms with Crippen LogP contribution in [0.2, 0.25) is 0 Å². The first-order chi connectivity index (χ1) is 12.7. The highest BCUT2D eigenvalue weighted by atomic mass is 32.3. The number of hydrogen-bond acceptors (Lipinski definition) is 4. The van der Waals surface area contributed by atoms with Gasteiger partial charge in [-0.15, -0.1) is 0 Å². The van der Waals surface area contributed by atoms with E-state index in [2.05, 4.69) is 37.0 Å². The van der Waals surface area contributed by atoms with E-state index in [4.69, 9.17) is 4.55 Å². The first-order valence-corrected chi connectivity index (χ1v) is 12.2.